The summed E-state index contributed by atoms with van der Waals surface area (Å²) in [5.41, 5.74) is 0.531. The molecule has 88 valence electrons. The van der Waals surface area contributed by atoms with Crippen LogP contribution in [0.15, 0.2) is 41.5 Å². The van der Waals surface area contributed by atoms with Gasteiger partial charge in [-0.3, -0.25) is 4.79 Å². The molecule has 1 aromatic carbocycles. The fourth-order valence-corrected chi connectivity index (χ4v) is 1.46. The molecule has 2 N–H and O–H groups in total. The molecule has 2 aromatic rings. The molecule has 0 fully saturated rings. The van der Waals surface area contributed by atoms with E-state index in [-0.39, 0.29) is 17.1 Å². The Bertz CT molecular complexity index is 578. The summed E-state index contributed by atoms with van der Waals surface area (Å²) < 4.78 is 1.44. The zero-order chi connectivity index (χ0) is 12.3. The van der Waals surface area contributed by atoms with Gasteiger partial charge >= 0.3 is 0 Å². The summed E-state index contributed by atoms with van der Waals surface area (Å²) in [6.45, 7) is 0.360. The predicted molar refractivity (Wildman–Crippen MR) is 64.9 cm³/mol. The number of aryl methyl sites for hydroxylation is 1. The number of aromatic hydroxyl groups is 1. The van der Waals surface area contributed by atoms with Crippen molar-refractivity contribution in [2.75, 3.05) is 5.32 Å². The van der Waals surface area contributed by atoms with Gasteiger partial charge in [0.25, 0.3) is 5.56 Å². The number of nitrogens with zero attached hydrogens (tertiary/aromatic N) is 2. The molecule has 0 aliphatic carbocycles. The summed E-state index contributed by atoms with van der Waals surface area (Å²) in [5, 5.41) is 12.5. The maximum atomic E-state index is 11.7. The van der Waals surface area contributed by atoms with Gasteiger partial charge in [-0.15, -0.1) is 0 Å². The number of phenolic OH excluding ortho intramolecular Hbond substituents is 1. The molecular formula is C12H13N3O2. The zero-order valence-corrected chi connectivity index (χ0v) is 9.42. The van der Waals surface area contributed by atoms with Crippen LogP contribution >= 0.6 is 0 Å². The van der Waals surface area contributed by atoms with E-state index in [9.17, 15) is 9.90 Å². The molecule has 1 aromatic heterocycles. The highest BCUT2D eigenvalue weighted by atomic mass is 16.3. The van der Waals surface area contributed by atoms with Crippen LogP contribution in [0.1, 0.15) is 5.56 Å². The van der Waals surface area contributed by atoms with E-state index >= 15 is 0 Å². The first-order valence-electron chi connectivity index (χ1n) is 5.21. The number of hydrogen-bond acceptors (Lipinski definition) is 4. The SMILES string of the molecule is Cn1ccnc(NCc2ccccc2O)c1=O. The average molecular weight is 231 g/mol. The second kappa shape index (κ2) is 4.69. The molecule has 0 atom stereocenters. The first-order chi connectivity index (χ1) is 8.18. The third-order valence-corrected chi connectivity index (χ3v) is 2.45. The molecular weight excluding hydrogens is 218 g/mol. The number of aromatic nitrogens is 2. The number of phenols is 1. The minimum absolute atomic E-state index is 0.192. The monoisotopic (exact) mass is 231 g/mol. The molecule has 17 heavy (non-hydrogen) atoms. The van der Waals surface area contributed by atoms with Crippen molar-refractivity contribution in [2.45, 2.75) is 6.54 Å². The first-order valence-corrected chi connectivity index (χ1v) is 5.21. The summed E-state index contributed by atoms with van der Waals surface area (Å²) in [4.78, 5) is 15.6. The molecule has 0 aliphatic heterocycles. The lowest BCUT2D eigenvalue weighted by Crippen LogP contribution is -2.21. The molecule has 1 heterocycles. The molecule has 0 saturated heterocycles. The van der Waals surface area contributed by atoms with Gasteiger partial charge in [-0.1, -0.05) is 18.2 Å². The number of para-hydroxylation sites is 1. The molecule has 0 unspecified atom stereocenters. The largest absolute Gasteiger partial charge is 0.508 e. The van der Waals surface area contributed by atoms with E-state index in [1.165, 1.54) is 4.57 Å². The normalized spacial score (nSPS) is 10.2. The van der Waals surface area contributed by atoms with E-state index in [4.69, 9.17) is 0 Å². The highest BCUT2D eigenvalue weighted by Crippen LogP contribution is 2.15. The quantitative estimate of drug-likeness (QED) is 0.830. The van der Waals surface area contributed by atoms with Gasteiger partial charge in [-0.2, -0.15) is 0 Å². The molecule has 0 bridgehead atoms. The molecule has 0 saturated carbocycles. The molecule has 0 spiro atoms. The van der Waals surface area contributed by atoms with Gasteiger partial charge in [-0.05, 0) is 6.07 Å². The number of nitrogens with one attached hydrogen (secondary N) is 1. The van der Waals surface area contributed by atoms with Crippen LogP contribution in [0.2, 0.25) is 0 Å². The van der Waals surface area contributed by atoms with E-state index < -0.39 is 0 Å². The van der Waals surface area contributed by atoms with Crippen molar-refractivity contribution >= 4 is 5.82 Å². The number of rotatable bonds is 3. The third kappa shape index (κ3) is 2.44. The summed E-state index contributed by atoms with van der Waals surface area (Å²) in [7, 11) is 1.66. The van der Waals surface area contributed by atoms with Crippen LogP contribution in [0.4, 0.5) is 5.82 Å². The van der Waals surface area contributed by atoms with Gasteiger partial charge in [0.1, 0.15) is 5.75 Å². The summed E-state index contributed by atoms with van der Waals surface area (Å²) in [5.74, 6) is 0.478. The minimum Gasteiger partial charge on any atom is -0.508 e. The van der Waals surface area contributed by atoms with Crippen molar-refractivity contribution < 1.29 is 5.11 Å². The van der Waals surface area contributed by atoms with Gasteiger partial charge in [0.2, 0.25) is 0 Å². The lowest BCUT2D eigenvalue weighted by atomic mass is 10.2. The number of anilines is 1. The third-order valence-electron chi connectivity index (χ3n) is 2.45. The molecule has 2 rings (SSSR count). The molecule has 5 heteroatoms. The van der Waals surface area contributed by atoms with E-state index in [2.05, 4.69) is 10.3 Å². The Balaban J connectivity index is 2.16. The molecule has 0 aliphatic rings. The molecule has 0 radical (unpaired) electrons. The standard InChI is InChI=1S/C12H13N3O2/c1-15-7-6-13-11(12(15)17)14-8-9-4-2-3-5-10(9)16/h2-7,16H,8H2,1H3,(H,13,14). The zero-order valence-electron chi connectivity index (χ0n) is 9.42. The predicted octanol–water partition coefficient (Wildman–Crippen LogP) is 1.10. The summed E-state index contributed by atoms with van der Waals surface area (Å²) in [6, 6.07) is 6.97. The van der Waals surface area contributed by atoms with Crippen LogP contribution in [0, 0.1) is 0 Å². The average Bonchev–Trinajstić information content (AvgIpc) is 2.33. The smallest absolute Gasteiger partial charge is 0.293 e. The van der Waals surface area contributed by atoms with Gasteiger partial charge < -0.3 is 15.0 Å². The number of benzene rings is 1. The van der Waals surface area contributed by atoms with Gasteiger partial charge in [0.05, 0.1) is 0 Å². The minimum atomic E-state index is -0.192. The Kier molecular flexibility index (Phi) is 3.09. The fraction of sp³-hybridized carbons (Fsp3) is 0.167. The second-order valence-corrected chi connectivity index (χ2v) is 3.67. The summed E-state index contributed by atoms with van der Waals surface area (Å²) >= 11 is 0. The maximum absolute atomic E-state index is 11.7. The van der Waals surface area contributed by atoms with Crippen LogP contribution in [0.25, 0.3) is 0 Å². The van der Waals surface area contributed by atoms with Crippen molar-refractivity contribution in [3.63, 3.8) is 0 Å². The Morgan fingerprint density at radius 2 is 2.18 bits per heavy atom. The molecule has 5 nitrogen and oxygen atoms in total. The van der Waals surface area contributed by atoms with Crippen LogP contribution < -0.4 is 10.9 Å². The van der Waals surface area contributed by atoms with Crippen molar-refractivity contribution in [1.82, 2.24) is 9.55 Å². The van der Waals surface area contributed by atoms with Crippen molar-refractivity contribution in [3.8, 4) is 5.75 Å². The Morgan fingerprint density at radius 3 is 2.94 bits per heavy atom. The van der Waals surface area contributed by atoms with E-state index in [1.807, 2.05) is 6.07 Å². The van der Waals surface area contributed by atoms with E-state index in [0.29, 0.717) is 6.54 Å². The Labute approximate surface area is 98.4 Å². The number of hydrogen-bond donors (Lipinski definition) is 2. The van der Waals surface area contributed by atoms with E-state index in [0.717, 1.165) is 5.56 Å². The molecule has 0 amide bonds. The van der Waals surface area contributed by atoms with E-state index in [1.54, 1.807) is 37.6 Å². The highest BCUT2D eigenvalue weighted by molar-refractivity contribution is 5.37. The van der Waals surface area contributed by atoms with Crippen LogP contribution in [0.3, 0.4) is 0 Å². The second-order valence-electron chi connectivity index (χ2n) is 3.67. The van der Waals surface area contributed by atoms with Crippen molar-refractivity contribution in [3.05, 3.63) is 52.6 Å². The van der Waals surface area contributed by atoms with Crippen LogP contribution in [-0.2, 0) is 13.6 Å². The van der Waals surface area contributed by atoms with Crippen molar-refractivity contribution in [1.29, 1.82) is 0 Å². The van der Waals surface area contributed by atoms with Crippen LogP contribution in [-0.4, -0.2) is 14.7 Å². The lowest BCUT2D eigenvalue weighted by Gasteiger charge is -2.07. The van der Waals surface area contributed by atoms with Gasteiger partial charge in [-0.25, -0.2) is 4.98 Å². The first kappa shape index (κ1) is 11.2. The topological polar surface area (TPSA) is 67.2 Å². The van der Waals surface area contributed by atoms with Gasteiger partial charge in [0.15, 0.2) is 5.82 Å². The lowest BCUT2D eigenvalue weighted by molar-refractivity contribution is 0.469. The summed E-state index contributed by atoms with van der Waals surface area (Å²) in [6.07, 6.45) is 3.14. The van der Waals surface area contributed by atoms with Crippen molar-refractivity contribution in [2.24, 2.45) is 7.05 Å². The highest BCUT2D eigenvalue weighted by Gasteiger charge is 2.03. The van der Waals surface area contributed by atoms with Crippen LogP contribution in [0.5, 0.6) is 5.75 Å². The Hall–Kier alpha value is -2.30. The van der Waals surface area contributed by atoms with Gasteiger partial charge in [0, 0.05) is 31.5 Å². The fourth-order valence-electron chi connectivity index (χ4n) is 1.46. The Morgan fingerprint density at radius 1 is 1.41 bits per heavy atom. The maximum Gasteiger partial charge on any atom is 0.293 e.